The summed E-state index contributed by atoms with van der Waals surface area (Å²) in [6.07, 6.45) is 3.28. The van der Waals surface area contributed by atoms with Crippen molar-refractivity contribution in [1.82, 2.24) is 24.2 Å². The number of ether oxygens (including phenoxy) is 1. The largest absolute Gasteiger partial charge is 0.494 e. The molecule has 7 rings (SSSR count). The number of nitrogens with zero attached hydrogens (tertiary/aromatic N) is 5. The van der Waals surface area contributed by atoms with E-state index in [9.17, 15) is 14.7 Å². The second kappa shape index (κ2) is 11.5. The van der Waals surface area contributed by atoms with Crippen LogP contribution in [-0.2, 0) is 26.4 Å². The molecular weight excluding hydrogens is 625 g/mol. The summed E-state index contributed by atoms with van der Waals surface area (Å²) in [6, 6.07) is 11.0. The molecule has 2 aliphatic heterocycles. The Morgan fingerprint density at radius 1 is 1.09 bits per heavy atom. The zero-order valence-corrected chi connectivity index (χ0v) is 27.5. The maximum atomic E-state index is 14.4. The van der Waals surface area contributed by atoms with Gasteiger partial charge in [0.1, 0.15) is 11.4 Å². The molecule has 2 aromatic carbocycles. The van der Waals surface area contributed by atoms with Gasteiger partial charge in [0.25, 0.3) is 5.91 Å². The Morgan fingerprint density at radius 2 is 1.85 bits per heavy atom. The molecule has 2 aliphatic rings. The molecular formula is C35H33Cl2N5O4. The number of rotatable bonds is 8. The zero-order valence-electron chi connectivity index (χ0n) is 26.0. The molecule has 0 aliphatic carbocycles. The minimum absolute atomic E-state index is 0.0775. The van der Waals surface area contributed by atoms with E-state index in [1.807, 2.05) is 54.7 Å². The number of aromatic carboxylic acids is 1. The fourth-order valence-electron chi connectivity index (χ4n) is 7.03. The Labute approximate surface area is 276 Å². The topological polar surface area (TPSA) is 102 Å². The first-order valence-corrected chi connectivity index (χ1v) is 16.0. The molecule has 3 aromatic heterocycles. The molecule has 0 spiro atoms. The van der Waals surface area contributed by atoms with Crippen molar-refractivity contribution in [3.8, 4) is 16.9 Å². The highest BCUT2D eigenvalue weighted by Crippen LogP contribution is 2.48. The maximum absolute atomic E-state index is 14.4. The van der Waals surface area contributed by atoms with Gasteiger partial charge in [0.2, 0.25) is 0 Å². The molecule has 0 radical (unpaired) electrons. The second-order valence-electron chi connectivity index (χ2n) is 12.3. The first-order chi connectivity index (χ1) is 22.0. The molecule has 0 saturated heterocycles. The molecule has 46 heavy (non-hydrogen) atoms. The summed E-state index contributed by atoms with van der Waals surface area (Å²) in [6.45, 7) is 7.17. The molecule has 0 fully saturated rings. The number of carboxylic acids is 1. The zero-order chi connectivity index (χ0) is 32.4. The van der Waals surface area contributed by atoms with Gasteiger partial charge in [-0.25, -0.2) is 4.79 Å². The van der Waals surface area contributed by atoms with Crippen LogP contribution in [0.3, 0.4) is 0 Å². The molecule has 1 amide bonds. The van der Waals surface area contributed by atoms with Crippen molar-refractivity contribution in [2.45, 2.75) is 52.6 Å². The number of fused-ring (bicyclic) bond motifs is 2. The SMILES string of the molecule is Cc1cc(OCCCc2c3n4c5c(c(Cl)ccc25)-c2c(nn(C)c2C)C[C@@H]4CN(Cc2ccc(C(=O)O)cn2)C3=O)cc(C)c1Cl. The first-order valence-electron chi connectivity index (χ1n) is 15.3. The quantitative estimate of drug-likeness (QED) is 0.178. The van der Waals surface area contributed by atoms with E-state index in [2.05, 4.69) is 16.5 Å². The smallest absolute Gasteiger partial charge is 0.337 e. The number of amides is 1. The lowest BCUT2D eigenvalue weighted by atomic mass is 9.96. The number of carbonyl (C=O) groups excluding carboxylic acids is 1. The predicted octanol–water partition coefficient (Wildman–Crippen LogP) is 7.13. The van der Waals surface area contributed by atoms with Crippen molar-refractivity contribution < 1.29 is 19.4 Å². The summed E-state index contributed by atoms with van der Waals surface area (Å²) in [5, 5.41) is 16.6. The third kappa shape index (κ3) is 4.93. The highest BCUT2D eigenvalue weighted by Gasteiger charge is 2.40. The molecule has 0 unspecified atom stereocenters. The van der Waals surface area contributed by atoms with Crippen LogP contribution >= 0.6 is 23.2 Å². The van der Waals surface area contributed by atoms with Gasteiger partial charge < -0.3 is 19.3 Å². The van der Waals surface area contributed by atoms with Crippen LogP contribution in [0, 0.1) is 20.8 Å². The van der Waals surface area contributed by atoms with E-state index in [1.54, 1.807) is 6.07 Å². The Hall–Kier alpha value is -4.34. The number of carboxylic acid groups (broad SMARTS) is 1. The molecule has 5 heterocycles. The normalized spacial score (nSPS) is 15.3. The Bertz CT molecular complexity index is 2040. The van der Waals surface area contributed by atoms with Gasteiger partial charge in [-0.1, -0.05) is 29.3 Å². The van der Waals surface area contributed by atoms with E-state index in [0.717, 1.165) is 60.9 Å². The molecule has 9 nitrogen and oxygen atoms in total. The van der Waals surface area contributed by atoms with Gasteiger partial charge in [-0.2, -0.15) is 5.10 Å². The van der Waals surface area contributed by atoms with Crippen molar-refractivity contribution in [3.05, 3.63) is 97.7 Å². The lowest BCUT2D eigenvalue weighted by molar-refractivity contribution is 0.0649. The molecule has 5 aromatic rings. The van der Waals surface area contributed by atoms with E-state index in [-0.39, 0.29) is 24.1 Å². The number of aryl methyl sites for hydroxylation is 4. The number of benzene rings is 2. The maximum Gasteiger partial charge on any atom is 0.337 e. The number of hydrogen-bond acceptors (Lipinski definition) is 5. The van der Waals surface area contributed by atoms with Crippen molar-refractivity contribution in [2.24, 2.45) is 7.05 Å². The Kier molecular flexibility index (Phi) is 7.56. The standard InChI is InChI=1S/C35H33Cl2N5O4/c1-18-12-24(13-19(2)31(18)37)46-11-5-6-25-26-9-10-27(36)30-29-20(3)40(4)39-28(29)14-23-17-41(34(43)33(25)42(23)32(26)30)16-22-8-7-21(15-38-22)35(44)45/h7-10,12-13,15,23H,5-6,11,14,16-17H2,1-4H3,(H,44,45)/t23-/m1/s1. The summed E-state index contributed by atoms with van der Waals surface area (Å²) < 4.78 is 10.3. The summed E-state index contributed by atoms with van der Waals surface area (Å²) >= 11 is 13.3. The average Bonchev–Trinajstić information content (AvgIpc) is 3.44. The van der Waals surface area contributed by atoms with Crippen molar-refractivity contribution in [3.63, 3.8) is 0 Å². The highest BCUT2D eigenvalue weighted by molar-refractivity contribution is 6.35. The summed E-state index contributed by atoms with van der Waals surface area (Å²) in [5.74, 6) is -0.354. The third-order valence-corrected chi connectivity index (χ3v) is 10.2. The van der Waals surface area contributed by atoms with E-state index in [4.69, 9.17) is 33.0 Å². The van der Waals surface area contributed by atoms with Crippen molar-refractivity contribution in [2.75, 3.05) is 13.2 Å². The van der Waals surface area contributed by atoms with Gasteiger partial charge in [0.05, 0.1) is 46.7 Å². The fourth-order valence-corrected chi connectivity index (χ4v) is 7.39. The third-order valence-electron chi connectivity index (χ3n) is 9.27. The van der Waals surface area contributed by atoms with Gasteiger partial charge in [-0.05, 0) is 80.6 Å². The van der Waals surface area contributed by atoms with Crippen LogP contribution in [0.5, 0.6) is 5.75 Å². The Balaban J connectivity index is 1.30. The van der Waals surface area contributed by atoms with Crippen LogP contribution in [-0.4, -0.2) is 54.4 Å². The van der Waals surface area contributed by atoms with Crippen molar-refractivity contribution in [1.29, 1.82) is 0 Å². The van der Waals surface area contributed by atoms with Crippen LogP contribution in [0.1, 0.15) is 67.1 Å². The number of hydrogen-bond donors (Lipinski definition) is 1. The van der Waals surface area contributed by atoms with Crippen LogP contribution in [0.25, 0.3) is 22.0 Å². The first kappa shape index (κ1) is 30.3. The highest BCUT2D eigenvalue weighted by atomic mass is 35.5. The number of carbonyl (C=O) groups is 2. The number of aromatic nitrogens is 4. The minimum atomic E-state index is -1.04. The van der Waals surface area contributed by atoms with Gasteiger partial charge in [-0.3, -0.25) is 14.5 Å². The monoisotopic (exact) mass is 657 g/mol. The second-order valence-corrected chi connectivity index (χ2v) is 13.0. The number of halogens is 2. The van der Waals surface area contributed by atoms with E-state index >= 15 is 0 Å². The molecule has 1 atom stereocenters. The molecule has 1 N–H and O–H groups in total. The van der Waals surface area contributed by atoms with Crippen molar-refractivity contribution >= 4 is 46.0 Å². The minimum Gasteiger partial charge on any atom is -0.494 e. The van der Waals surface area contributed by atoms with Crippen LogP contribution in [0.15, 0.2) is 42.6 Å². The van der Waals surface area contributed by atoms with Crippen LogP contribution in [0.4, 0.5) is 0 Å². The summed E-state index contributed by atoms with van der Waals surface area (Å²) in [5.41, 5.74) is 9.19. The van der Waals surface area contributed by atoms with E-state index < -0.39 is 5.97 Å². The number of pyridine rings is 1. The molecule has 0 saturated carbocycles. The lowest BCUT2D eigenvalue weighted by Crippen LogP contribution is -2.43. The lowest BCUT2D eigenvalue weighted by Gasteiger charge is -2.35. The van der Waals surface area contributed by atoms with E-state index in [0.29, 0.717) is 48.8 Å². The molecule has 0 bridgehead atoms. The Morgan fingerprint density at radius 3 is 2.54 bits per heavy atom. The fraction of sp³-hybridized carbons (Fsp3) is 0.314. The summed E-state index contributed by atoms with van der Waals surface area (Å²) in [4.78, 5) is 32.0. The van der Waals surface area contributed by atoms with Gasteiger partial charge >= 0.3 is 5.97 Å². The molecule has 11 heteroatoms. The van der Waals surface area contributed by atoms with E-state index in [1.165, 1.54) is 12.3 Å². The van der Waals surface area contributed by atoms with Gasteiger partial charge in [-0.15, -0.1) is 0 Å². The van der Waals surface area contributed by atoms with Gasteiger partial charge in [0, 0.05) is 53.4 Å². The summed E-state index contributed by atoms with van der Waals surface area (Å²) in [7, 11) is 1.95. The average molecular weight is 659 g/mol. The predicted molar refractivity (Wildman–Crippen MR) is 177 cm³/mol. The van der Waals surface area contributed by atoms with Crippen LogP contribution < -0.4 is 4.74 Å². The van der Waals surface area contributed by atoms with Crippen LogP contribution in [0.2, 0.25) is 10.0 Å². The van der Waals surface area contributed by atoms with Gasteiger partial charge in [0.15, 0.2) is 0 Å². The molecule has 236 valence electrons.